The summed E-state index contributed by atoms with van der Waals surface area (Å²) in [5, 5.41) is 3.08. The van der Waals surface area contributed by atoms with Gasteiger partial charge in [-0.25, -0.2) is 9.37 Å². The summed E-state index contributed by atoms with van der Waals surface area (Å²) in [4.78, 5) is 20.6. The van der Waals surface area contributed by atoms with E-state index in [0.717, 1.165) is 36.3 Å². The van der Waals surface area contributed by atoms with Crippen molar-refractivity contribution in [1.29, 1.82) is 0 Å². The maximum atomic E-state index is 13.1. The number of thiophene rings is 1. The number of nitrogens with one attached hydrogen (secondary N) is 1. The number of hydrogen-bond acceptors (Lipinski definition) is 5. The van der Waals surface area contributed by atoms with Crippen molar-refractivity contribution in [3.63, 3.8) is 0 Å². The molecular formula is C17H15FN2O2S2. The van der Waals surface area contributed by atoms with Gasteiger partial charge in [0.05, 0.1) is 11.5 Å². The lowest BCUT2D eigenvalue weighted by Gasteiger charge is -2.07. The van der Waals surface area contributed by atoms with Gasteiger partial charge < -0.3 is 9.72 Å². The van der Waals surface area contributed by atoms with Crippen LogP contribution in [0.2, 0.25) is 0 Å². The van der Waals surface area contributed by atoms with Gasteiger partial charge in [0.15, 0.2) is 5.16 Å². The SMILES string of the molecule is O=c1[nH]c(SCC2CCCO2)nc2scc(-c3ccc(F)cc3)c12. The van der Waals surface area contributed by atoms with E-state index in [4.69, 9.17) is 4.74 Å². The fraction of sp³-hybridized carbons (Fsp3) is 0.294. The maximum absolute atomic E-state index is 13.1. The lowest BCUT2D eigenvalue weighted by molar-refractivity contribution is 0.129. The molecule has 1 unspecified atom stereocenters. The van der Waals surface area contributed by atoms with Crippen molar-refractivity contribution in [2.45, 2.75) is 24.1 Å². The molecule has 1 aliphatic rings. The predicted octanol–water partition coefficient (Wildman–Crippen LogP) is 4.06. The number of rotatable bonds is 4. The third-order valence-electron chi connectivity index (χ3n) is 4.01. The van der Waals surface area contributed by atoms with Crippen LogP contribution in [0.15, 0.2) is 39.6 Å². The van der Waals surface area contributed by atoms with E-state index in [-0.39, 0.29) is 17.5 Å². The highest BCUT2D eigenvalue weighted by molar-refractivity contribution is 7.99. The first kappa shape index (κ1) is 15.8. The quantitative estimate of drug-likeness (QED) is 0.562. The summed E-state index contributed by atoms with van der Waals surface area (Å²) in [6, 6.07) is 6.14. The second-order valence-corrected chi connectivity index (χ2v) is 7.52. The third-order valence-corrected chi connectivity index (χ3v) is 5.88. The van der Waals surface area contributed by atoms with Crippen molar-refractivity contribution in [3.05, 3.63) is 45.8 Å². The lowest BCUT2D eigenvalue weighted by Crippen LogP contribution is -2.12. The van der Waals surface area contributed by atoms with Gasteiger partial charge in [0, 0.05) is 23.3 Å². The fourth-order valence-corrected chi connectivity index (χ4v) is 4.72. The smallest absolute Gasteiger partial charge is 0.260 e. The van der Waals surface area contributed by atoms with E-state index in [2.05, 4.69) is 9.97 Å². The van der Waals surface area contributed by atoms with Crippen LogP contribution in [-0.4, -0.2) is 28.4 Å². The number of nitrogens with zero attached hydrogens (tertiary/aromatic N) is 1. The number of fused-ring (bicyclic) bond motifs is 1. The van der Waals surface area contributed by atoms with Crippen molar-refractivity contribution in [1.82, 2.24) is 9.97 Å². The molecule has 1 N–H and O–H groups in total. The number of ether oxygens (including phenoxy) is 1. The predicted molar refractivity (Wildman–Crippen MR) is 95.3 cm³/mol. The molecule has 24 heavy (non-hydrogen) atoms. The van der Waals surface area contributed by atoms with Crippen LogP contribution in [0.1, 0.15) is 12.8 Å². The molecule has 0 saturated carbocycles. The first-order valence-electron chi connectivity index (χ1n) is 7.72. The maximum Gasteiger partial charge on any atom is 0.260 e. The highest BCUT2D eigenvalue weighted by Gasteiger charge is 2.17. The minimum absolute atomic E-state index is 0.157. The Labute approximate surface area is 146 Å². The molecule has 3 aromatic rings. The molecule has 124 valence electrons. The van der Waals surface area contributed by atoms with E-state index in [1.165, 1.54) is 35.2 Å². The van der Waals surface area contributed by atoms with Crippen molar-refractivity contribution < 1.29 is 9.13 Å². The molecule has 1 aromatic carbocycles. The summed E-state index contributed by atoms with van der Waals surface area (Å²) in [7, 11) is 0. The average Bonchev–Trinajstić information content (AvgIpc) is 3.23. The zero-order valence-electron chi connectivity index (χ0n) is 12.8. The molecule has 4 nitrogen and oxygen atoms in total. The summed E-state index contributed by atoms with van der Waals surface area (Å²) in [5.41, 5.74) is 1.45. The van der Waals surface area contributed by atoms with Crippen molar-refractivity contribution in [2.75, 3.05) is 12.4 Å². The van der Waals surface area contributed by atoms with Crippen LogP contribution < -0.4 is 5.56 Å². The number of benzene rings is 1. The van der Waals surface area contributed by atoms with Crippen LogP contribution in [0.3, 0.4) is 0 Å². The summed E-state index contributed by atoms with van der Waals surface area (Å²) in [6.07, 6.45) is 2.40. The number of hydrogen-bond donors (Lipinski definition) is 1. The number of aromatic nitrogens is 2. The second-order valence-electron chi connectivity index (χ2n) is 5.65. The van der Waals surface area contributed by atoms with Crippen molar-refractivity contribution >= 4 is 33.3 Å². The molecule has 0 radical (unpaired) electrons. The van der Waals surface area contributed by atoms with Gasteiger partial charge in [-0.15, -0.1) is 11.3 Å². The third kappa shape index (κ3) is 3.11. The molecule has 0 aliphatic carbocycles. The number of halogens is 1. The Morgan fingerprint density at radius 2 is 2.21 bits per heavy atom. The van der Waals surface area contributed by atoms with E-state index < -0.39 is 0 Å². The van der Waals surface area contributed by atoms with Gasteiger partial charge in [-0.05, 0) is 30.5 Å². The van der Waals surface area contributed by atoms with E-state index in [1.807, 2.05) is 5.38 Å². The van der Waals surface area contributed by atoms with Crippen molar-refractivity contribution in [3.8, 4) is 11.1 Å². The molecule has 1 saturated heterocycles. The lowest BCUT2D eigenvalue weighted by atomic mass is 10.1. The molecule has 7 heteroatoms. The number of aromatic amines is 1. The topological polar surface area (TPSA) is 55.0 Å². The zero-order valence-corrected chi connectivity index (χ0v) is 14.4. The van der Waals surface area contributed by atoms with E-state index in [1.54, 1.807) is 12.1 Å². The normalized spacial score (nSPS) is 17.6. The van der Waals surface area contributed by atoms with Gasteiger partial charge in [-0.3, -0.25) is 4.79 Å². The Morgan fingerprint density at radius 3 is 2.96 bits per heavy atom. The van der Waals surface area contributed by atoms with Gasteiger partial charge >= 0.3 is 0 Å². The first-order valence-corrected chi connectivity index (χ1v) is 9.59. The molecule has 1 fully saturated rings. The highest BCUT2D eigenvalue weighted by Crippen LogP contribution is 2.32. The van der Waals surface area contributed by atoms with Crippen molar-refractivity contribution in [2.24, 2.45) is 0 Å². The number of H-pyrrole nitrogens is 1. The summed E-state index contributed by atoms with van der Waals surface area (Å²) in [6.45, 7) is 0.820. The Balaban J connectivity index is 1.65. The average molecular weight is 362 g/mol. The van der Waals surface area contributed by atoms with Crippen LogP contribution in [0.4, 0.5) is 4.39 Å². The monoisotopic (exact) mass is 362 g/mol. The number of thioether (sulfide) groups is 1. The second kappa shape index (κ2) is 6.66. The Kier molecular flexibility index (Phi) is 4.39. The summed E-state index contributed by atoms with van der Waals surface area (Å²) < 4.78 is 18.7. The van der Waals surface area contributed by atoms with Gasteiger partial charge in [-0.1, -0.05) is 23.9 Å². The van der Waals surface area contributed by atoms with Crippen LogP contribution >= 0.6 is 23.1 Å². The standard InChI is InChI=1S/C17H15FN2O2S2/c18-11-5-3-10(4-6-11)13-9-23-16-14(13)15(21)19-17(20-16)24-8-12-2-1-7-22-12/h3-6,9,12H,1-2,7-8H2,(H,19,20,21). The molecule has 0 amide bonds. The van der Waals surface area contributed by atoms with Gasteiger partial charge in [0.1, 0.15) is 10.6 Å². The van der Waals surface area contributed by atoms with E-state index >= 15 is 0 Å². The van der Waals surface area contributed by atoms with Crippen LogP contribution in [0.5, 0.6) is 0 Å². The molecule has 1 aliphatic heterocycles. The van der Waals surface area contributed by atoms with Gasteiger partial charge in [-0.2, -0.15) is 0 Å². The largest absolute Gasteiger partial charge is 0.377 e. The van der Waals surface area contributed by atoms with E-state index in [9.17, 15) is 9.18 Å². The summed E-state index contributed by atoms with van der Waals surface area (Å²) in [5.74, 6) is 0.503. The molecule has 3 heterocycles. The van der Waals surface area contributed by atoms with Crippen LogP contribution in [0.25, 0.3) is 21.3 Å². The Bertz CT molecular complexity index is 914. The minimum Gasteiger partial charge on any atom is -0.377 e. The zero-order chi connectivity index (χ0) is 16.5. The van der Waals surface area contributed by atoms with Crippen LogP contribution in [0, 0.1) is 5.82 Å². The molecule has 4 rings (SSSR count). The summed E-state index contributed by atoms with van der Waals surface area (Å²) >= 11 is 2.95. The molecule has 2 aromatic heterocycles. The fourth-order valence-electron chi connectivity index (χ4n) is 2.79. The van der Waals surface area contributed by atoms with Crippen LogP contribution in [-0.2, 0) is 4.74 Å². The van der Waals surface area contributed by atoms with E-state index in [0.29, 0.717) is 15.4 Å². The Hall–Kier alpha value is -1.70. The highest BCUT2D eigenvalue weighted by atomic mass is 32.2. The molecular weight excluding hydrogens is 347 g/mol. The molecule has 0 bridgehead atoms. The first-order chi connectivity index (χ1) is 11.7. The Morgan fingerprint density at radius 1 is 1.38 bits per heavy atom. The molecule has 0 spiro atoms. The minimum atomic E-state index is -0.293. The molecule has 1 atom stereocenters. The van der Waals surface area contributed by atoms with Gasteiger partial charge in [0.2, 0.25) is 0 Å². The van der Waals surface area contributed by atoms with Gasteiger partial charge in [0.25, 0.3) is 5.56 Å².